The van der Waals surface area contributed by atoms with E-state index in [9.17, 15) is 0 Å². The van der Waals surface area contributed by atoms with Crippen LogP contribution in [0.4, 0.5) is 0 Å². The molecule has 1 aliphatic rings. The lowest BCUT2D eigenvalue weighted by Gasteiger charge is -2.13. The molecular formula is C15H20N4O2. The summed E-state index contributed by atoms with van der Waals surface area (Å²) < 4.78 is 13.0. The quantitative estimate of drug-likeness (QED) is 0.839. The Kier molecular flexibility index (Phi) is 4.06. The largest absolute Gasteiger partial charge is 0.497 e. The molecule has 1 heterocycles. The Morgan fingerprint density at radius 1 is 1.38 bits per heavy atom. The smallest absolute Gasteiger partial charge is 0.170 e. The van der Waals surface area contributed by atoms with Crippen LogP contribution in [0.1, 0.15) is 24.2 Å². The Morgan fingerprint density at radius 3 is 2.90 bits per heavy atom. The number of rotatable bonds is 7. The predicted molar refractivity (Wildman–Crippen MR) is 78.2 cm³/mol. The minimum atomic E-state index is 0.402. The summed E-state index contributed by atoms with van der Waals surface area (Å²) in [6, 6.07) is 6.52. The summed E-state index contributed by atoms with van der Waals surface area (Å²) in [4.78, 5) is 0. The SMILES string of the molecule is COc1ccc(OCc2nncn2C)c(CNC2CC2)c1. The summed E-state index contributed by atoms with van der Waals surface area (Å²) >= 11 is 0. The Hall–Kier alpha value is -2.08. The fraction of sp³-hybridized carbons (Fsp3) is 0.467. The van der Waals surface area contributed by atoms with Crippen molar-refractivity contribution in [2.45, 2.75) is 32.0 Å². The molecule has 112 valence electrons. The Balaban J connectivity index is 1.70. The van der Waals surface area contributed by atoms with Gasteiger partial charge >= 0.3 is 0 Å². The van der Waals surface area contributed by atoms with Gasteiger partial charge in [0.05, 0.1) is 7.11 Å². The van der Waals surface area contributed by atoms with Gasteiger partial charge in [0.1, 0.15) is 24.4 Å². The number of ether oxygens (including phenoxy) is 2. The maximum absolute atomic E-state index is 5.90. The number of nitrogens with one attached hydrogen (secondary N) is 1. The summed E-state index contributed by atoms with van der Waals surface area (Å²) in [5, 5.41) is 11.4. The minimum Gasteiger partial charge on any atom is -0.497 e. The van der Waals surface area contributed by atoms with Crippen LogP contribution in [-0.2, 0) is 20.2 Å². The molecule has 0 saturated heterocycles. The first-order valence-electron chi connectivity index (χ1n) is 7.12. The average Bonchev–Trinajstić information content (AvgIpc) is 3.25. The van der Waals surface area contributed by atoms with Crippen LogP contribution >= 0.6 is 0 Å². The van der Waals surface area contributed by atoms with Crippen molar-refractivity contribution in [2.24, 2.45) is 7.05 Å². The molecule has 0 atom stereocenters. The fourth-order valence-electron chi connectivity index (χ4n) is 2.08. The summed E-state index contributed by atoms with van der Waals surface area (Å²) in [6.45, 7) is 1.19. The van der Waals surface area contributed by atoms with Gasteiger partial charge < -0.3 is 19.4 Å². The highest BCUT2D eigenvalue weighted by Gasteiger charge is 2.21. The zero-order chi connectivity index (χ0) is 14.7. The molecule has 1 saturated carbocycles. The molecule has 0 aliphatic heterocycles. The van der Waals surface area contributed by atoms with Crippen molar-refractivity contribution >= 4 is 0 Å². The maximum atomic E-state index is 5.90. The zero-order valence-electron chi connectivity index (χ0n) is 12.4. The van der Waals surface area contributed by atoms with Crippen LogP contribution in [0.5, 0.6) is 11.5 Å². The lowest BCUT2D eigenvalue weighted by atomic mass is 10.2. The Bertz CT molecular complexity index is 607. The molecule has 1 aromatic carbocycles. The topological polar surface area (TPSA) is 61.2 Å². The second kappa shape index (κ2) is 6.13. The number of nitrogens with zero attached hydrogens (tertiary/aromatic N) is 3. The first-order valence-corrected chi connectivity index (χ1v) is 7.12. The lowest BCUT2D eigenvalue weighted by molar-refractivity contribution is 0.286. The molecule has 1 aromatic heterocycles. The van der Waals surface area contributed by atoms with E-state index in [0.717, 1.165) is 29.4 Å². The lowest BCUT2D eigenvalue weighted by Crippen LogP contribution is -2.16. The van der Waals surface area contributed by atoms with Gasteiger partial charge in [0, 0.05) is 25.2 Å². The molecule has 2 aromatic rings. The van der Waals surface area contributed by atoms with Crippen LogP contribution in [0, 0.1) is 0 Å². The van der Waals surface area contributed by atoms with Gasteiger partial charge in [-0.1, -0.05) is 0 Å². The molecule has 1 aliphatic carbocycles. The molecule has 6 heteroatoms. The van der Waals surface area contributed by atoms with Gasteiger partial charge in [0.2, 0.25) is 0 Å². The molecule has 1 N–H and O–H groups in total. The first kappa shape index (κ1) is 13.9. The van der Waals surface area contributed by atoms with Crippen LogP contribution in [0.3, 0.4) is 0 Å². The van der Waals surface area contributed by atoms with E-state index in [4.69, 9.17) is 9.47 Å². The molecule has 0 radical (unpaired) electrons. The number of methoxy groups -OCH3 is 1. The van der Waals surface area contributed by atoms with Crippen LogP contribution < -0.4 is 14.8 Å². The first-order chi connectivity index (χ1) is 10.3. The van der Waals surface area contributed by atoms with Crippen molar-refractivity contribution in [2.75, 3.05) is 7.11 Å². The fourth-order valence-corrected chi connectivity index (χ4v) is 2.08. The van der Waals surface area contributed by atoms with Crippen LogP contribution in [0.25, 0.3) is 0 Å². The van der Waals surface area contributed by atoms with Crippen molar-refractivity contribution in [1.29, 1.82) is 0 Å². The van der Waals surface area contributed by atoms with Crippen molar-refractivity contribution in [1.82, 2.24) is 20.1 Å². The van der Waals surface area contributed by atoms with Gasteiger partial charge in [-0.3, -0.25) is 0 Å². The Labute approximate surface area is 124 Å². The molecule has 1 fully saturated rings. The van der Waals surface area contributed by atoms with Crippen molar-refractivity contribution in [3.05, 3.63) is 35.9 Å². The third kappa shape index (κ3) is 3.52. The monoisotopic (exact) mass is 288 g/mol. The average molecular weight is 288 g/mol. The summed E-state index contributed by atoms with van der Waals surface area (Å²) in [5.41, 5.74) is 1.10. The van der Waals surface area contributed by atoms with Crippen LogP contribution in [0.2, 0.25) is 0 Å². The number of aryl methyl sites for hydroxylation is 1. The number of hydrogen-bond acceptors (Lipinski definition) is 5. The van der Waals surface area contributed by atoms with Crippen LogP contribution in [0.15, 0.2) is 24.5 Å². The number of benzene rings is 1. The van der Waals surface area contributed by atoms with E-state index in [1.165, 1.54) is 12.8 Å². The van der Waals surface area contributed by atoms with Gasteiger partial charge in [-0.15, -0.1) is 10.2 Å². The van der Waals surface area contributed by atoms with E-state index in [2.05, 4.69) is 15.5 Å². The van der Waals surface area contributed by atoms with Crippen molar-refractivity contribution in [3.63, 3.8) is 0 Å². The van der Waals surface area contributed by atoms with Crippen molar-refractivity contribution < 1.29 is 9.47 Å². The minimum absolute atomic E-state index is 0.402. The standard InChI is InChI=1S/C15H20N4O2/c1-19-10-17-18-15(19)9-21-14-6-5-13(20-2)7-11(14)8-16-12-3-4-12/h5-7,10,12,16H,3-4,8-9H2,1-2H3. The van der Waals surface area contributed by atoms with Gasteiger partial charge in [0.25, 0.3) is 0 Å². The molecule has 21 heavy (non-hydrogen) atoms. The molecule has 3 rings (SSSR count). The second-order valence-corrected chi connectivity index (χ2v) is 5.28. The van der Waals surface area contributed by atoms with Gasteiger partial charge in [-0.05, 0) is 31.0 Å². The number of hydrogen-bond donors (Lipinski definition) is 1. The van der Waals surface area contributed by atoms with E-state index in [1.807, 2.05) is 29.8 Å². The molecular weight excluding hydrogens is 268 g/mol. The highest BCUT2D eigenvalue weighted by Crippen LogP contribution is 2.26. The van der Waals surface area contributed by atoms with Crippen molar-refractivity contribution in [3.8, 4) is 11.5 Å². The van der Waals surface area contributed by atoms with Crippen LogP contribution in [-0.4, -0.2) is 27.9 Å². The molecule has 0 unspecified atom stereocenters. The third-order valence-electron chi connectivity index (χ3n) is 3.59. The third-order valence-corrected chi connectivity index (χ3v) is 3.59. The van der Waals surface area contributed by atoms with E-state index in [1.54, 1.807) is 13.4 Å². The molecule has 0 bridgehead atoms. The van der Waals surface area contributed by atoms with Gasteiger partial charge in [-0.2, -0.15) is 0 Å². The highest BCUT2D eigenvalue weighted by molar-refractivity contribution is 5.40. The van der Waals surface area contributed by atoms with E-state index in [0.29, 0.717) is 12.6 Å². The van der Waals surface area contributed by atoms with Gasteiger partial charge in [-0.25, -0.2) is 0 Å². The second-order valence-electron chi connectivity index (χ2n) is 5.28. The maximum Gasteiger partial charge on any atom is 0.170 e. The normalized spacial score (nSPS) is 14.2. The summed E-state index contributed by atoms with van der Waals surface area (Å²) in [6.07, 6.45) is 4.19. The molecule has 6 nitrogen and oxygen atoms in total. The Morgan fingerprint density at radius 2 is 2.24 bits per heavy atom. The predicted octanol–water partition coefficient (Wildman–Crippen LogP) is 1.65. The molecule has 0 spiro atoms. The summed E-state index contributed by atoms with van der Waals surface area (Å²) in [5.74, 6) is 2.49. The van der Waals surface area contributed by atoms with E-state index >= 15 is 0 Å². The van der Waals surface area contributed by atoms with E-state index < -0.39 is 0 Å². The summed E-state index contributed by atoms with van der Waals surface area (Å²) in [7, 11) is 3.58. The molecule has 0 amide bonds. The van der Waals surface area contributed by atoms with E-state index in [-0.39, 0.29) is 0 Å². The zero-order valence-corrected chi connectivity index (χ0v) is 12.4. The van der Waals surface area contributed by atoms with Gasteiger partial charge in [0.15, 0.2) is 5.82 Å². The number of aromatic nitrogens is 3. The highest BCUT2D eigenvalue weighted by atomic mass is 16.5.